The van der Waals surface area contributed by atoms with Crippen LogP contribution in [0.1, 0.15) is 55.8 Å². The van der Waals surface area contributed by atoms with Crippen LogP contribution in [-0.2, 0) is 19.2 Å². The van der Waals surface area contributed by atoms with Gasteiger partial charge in [-0.3, -0.25) is 24.0 Å². The number of hydrogen-bond donors (Lipinski definition) is 1. The first-order valence-electron chi connectivity index (χ1n) is 15.2. The SMILES string of the molecule is CCCCC(=O)N[C@@H]1C[C@H]2COc3ccc(F)cc3C(=O)N(C)[C@H](C(=O)N(C)CCN(C)C)CCC(=O)N(C)CC(=O)N2C1. The van der Waals surface area contributed by atoms with Crippen molar-refractivity contribution >= 4 is 29.5 Å². The lowest BCUT2D eigenvalue weighted by atomic mass is 10.1. The van der Waals surface area contributed by atoms with Crippen molar-refractivity contribution in [2.75, 3.05) is 68.0 Å². The van der Waals surface area contributed by atoms with E-state index in [1.54, 1.807) is 11.9 Å². The standard InChI is InChI=1S/C31H47FN6O6/c1-7-8-9-27(39)33-22-17-23-20-44-26-12-10-21(32)16-24(26)30(42)37(6)25(31(43)35(4)15-14-34(2)3)11-13-28(40)36(5)19-29(41)38(23)18-22/h10,12,16,22-23,25H,7-9,11,13-15,17-20H2,1-6H3,(H,33,39)/t22-,23+,25+/m1/s1. The Labute approximate surface area is 259 Å². The molecule has 2 heterocycles. The highest BCUT2D eigenvalue weighted by atomic mass is 19.1. The van der Waals surface area contributed by atoms with Gasteiger partial charge in [0.2, 0.25) is 23.6 Å². The van der Waals surface area contributed by atoms with E-state index in [0.29, 0.717) is 25.9 Å². The molecule has 3 atom stereocenters. The number of unbranched alkanes of at least 4 members (excludes halogenated alkanes) is 1. The normalized spacial score (nSPS) is 21.8. The Morgan fingerprint density at radius 1 is 1.09 bits per heavy atom. The number of fused-ring (bicyclic) bond motifs is 2. The van der Waals surface area contributed by atoms with Gasteiger partial charge in [-0.2, -0.15) is 0 Å². The molecule has 0 bridgehead atoms. The summed E-state index contributed by atoms with van der Waals surface area (Å²) in [5.41, 5.74) is -0.0696. The molecule has 0 aromatic heterocycles. The van der Waals surface area contributed by atoms with Gasteiger partial charge in [-0.05, 0) is 51.6 Å². The van der Waals surface area contributed by atoms with E-state index in [4.69, 9.17) is 4.74 Å². The maximum absolute atomic E-state index is 14.5. The van der Waals surface area contributed by atoms with Crippen LogP contribution < -0.4 is 10.1 Å². The molecule has 244 valence electrons. The van der Waals surface area contributed by atoms with E-state index in [2.05, 4.69) is 5.32 Å². The largest absolute Gasteiger partial charge is 0.491 e. The number of carbonyl (C=O) groups excluding carboxylic acids is 5. The van der Waals surface area contributed by atoms with E-state index in [0.717, 1.165) is 18.9 Å². The van der Waals surface area contributed by atoms with Gasteiger partial charge >= 0.3 is 0 Å². The Kier molecular flexibility index (Phi) is 12.5. The van der Waals surface area contributed by atoms with Crippen molar-refractivity contribution in [2.45, 2.75) is 63.6 Å². The van der Waals surface area contributed by atoms with E-state index >= 15 is 0 Å². The highest BCUT2D eigenvalue weighted by molar-refractivity contribution is 5.99. The monoisotopic (exact) mass is 618 g/mol. The summed E-state index contributed by atoms with van der Waals surface area (Å²) in [6.07, 6.45) is 2.37. The Morgan fingerprint density at radius 3 is 2.50 bits per heavy atom. The Balaban J connectivity index is 1.93. The number of nitrogens with one attached hydrogen (secondary N) is 1. The van der Waals surface area contributed by atoms with Crippen LogP contribution >= 0.6 is 0 Å². The molecule has 0 radical (unpaired) electrons. The average Bonchev–Trinajstić information content (AvgIpc) is 3.39. The van der Waals surface area contributed by atoms with Crippen LogP contribution in [0.25, 0.3) is 0 Å². The third kappa shape index (κ3) is 9.13. The number of benzene rings is 1. The molecule has 1 saturated heterocycles. The molecule has 1 aromatic carbocycles. The smallest absolute Gasteiger partial charge is 0.258 e. The summed E-state index contributed by atoms with van der Waals surface area (Å²) >= 11 is 0. The zero-order valence-electron chi connectivity index (χ0n) is 26.8. The third-order valence-electron chi connectivity index (χ3n) is 8.22. The molecule has 5 amide bonds. The molecule has 0 saturated carbocycles. The average molecular weight is 619 g/mol. The fraction of sp³-hybridized carbons (Fsp3) is 0.645. The van der Waals surface area contributed by atoms with Crippen LogP contribution in [0.2, 0.25) is 0 Å². The van der Waals surface area contributed by atoms with Crippen molar-refractivity contribution in [1.82, 2.24) is 29.8 Å². The first-order chi connectivity index (χ1) is 20.8. The van der Waals surface area contributed by atoms with Crippen molar-refractivity contribution in [3.05, 3.63) is 29.6 Å². The highest BCUT2D eigenvalue weighted by Gasteiger charge is 2.38. The molecule has 44 heavy (non-hydrogen) atoms. The minimum Gasteiger partial charge on any atom is -0.491 e. The van der Waals surface area contributed by atoms with Crippen LogP contribution in [-0.4, -0.2) is 140 Å². The molecule has 1 aromatic rings. The summed E-state index contributed by atoms with van der Waals surface area (Å²) in [6.45, 7) is 3.04. The van der Waals surface area contributed by atoms with Gasteiger partial charge in [-0.1, -0.05) is 13.3 Å². The lowest BCUT2D eigenvalue weighted by molar-refractivity contribution is -0.141. The molecule has 13 heteroatoms. The molecular weight excluding hydrogens is 571 g/mol. The second-order valence-electron chi connectivity index (χ2n) is 12.0. The predicted molar refractivity (Wildman–Crippen MR) is 162 cm³/mol. The third-order valence-corrected chi connectivity index (χ3v) is 8.22. The van der Waals surface area contributed by atoms with E-state index < -0.39 is 23.8 Å². The minimum atomic E-state index is -1.01. The van der Waals surface area contributed by atoms with Gasteiger partial charge in [-0.15, -0.1) is 0 Å². The van der Waals surface area contributed by atoms with Gasteiger partial charge in [0, 0.05) is 59.7 Å². The lowest BCUT2D eigenvalue weighted by Crippen LogP contribution is -2.50. The van der Waals surface area contributed by atoms with E-state index in [1.165, 1.54) is 40.9 Å². The highest BCUT2D eigenvalue weighted by Crippen LogP contribution is 2.26. The molecule has 12 nitrogen and oxygen atoms in total. The van der Waals surface area contributed by atoms with Crippen LogP contribution in [0.5, 0.6) is 5.75 Å². The number of halogens is 1. The van der Waals surface area contributed by atoms with Gasteiger partial charge < -0.3 is 34.6 Å². The molecule has 0 unspecified atom stereocenters. The van der Waals surface area contributed by atoms with Gasteiger partial charge in [0.1, 0.15) is 24.2 Å². The van der Waals surface area contributed by atoms with Crippen molar-refractivity contribution in [3.63, 3.8) is 0 Å². The summed E-state index contributed by atoms with van der Waals surface area (Å²) in [7, 11) is 8.38. The van der Waals surface area contributed by atoms with Gasteiger partial charge in [0.05, 0.1) is 18.2 Å². The number of rotatable bonds is 8. The van der Waals surface area contributed by atoms with Crippen molar-refractivity contribution < 1.29 is 33.1 Å². The number of carbonyl (C=O) groups is 5. The first-order valence-corrected chi connectivity index (χ1v) is 15.2. The summed E-state index contributed by atoms with van der Waals surface area (Å²) in [5, 5.41) is 3.00. The van der Waals surface area contributed by atoms with Crippen LogP contribution in [0.3, 0.4) is 0 Å². The quantitative estimate of drug-likeness (QED) is 0.465. The summed E-state index contributed by atoms with van der Waals surface area (Å²) in [4.78, 5) is 74.0. The van der Waals surface area contributed by atoms with Crippen molar-refractivity contribution in [3.8, 4) is 5.75 Å². The second kappa shape index (κ2) is 15.8. The predicted octanol–water partition coefficient (Wildman–Crippen LogP) is 1.19. The summed E-state index contributed by atoms with van der Waals surface area (Å²) in [5.74, 6) is -2.28. The second-order valence-corrected chi connectivity index (χ2v) is 12.0. The first kappa shape index (κ1) is 34.7. The number of hydrogen-bond acceptors (Lipinski definition) is 7. The van der Waals surface area contributed by atoms with Crippen molar-refractivity contribution in [2.24, 2.45) is 0 Å². The summed E-state index contributed by atoms with van der Waals surface area (Å²) in [6, 6.07) is 1.84. The molecular formula is C31H47FN6O6. The topological polar surface area (TPSA) is 123 Å². The van der Waals surface area contributed by atoms with E-state index in [-0.39, 0.29) is 73.5 Å². The minimum absolute atomic E-state index is 0.00839. The fourth-order valence-corrected chi connectivity index (χ4v) is 5.46. The van der Waals surface area contributed by atoms with E-state index in [1.807, 2.05) is 25.9 Å². The number of amides is 5. The van der Waals surface area contributed by atoms with Crippen LogP contribution in [0, 0.1) is 5.82 Å². The van der Waals surface area contributed by atoms with Gasteiger partial charge in [0.25, 0.3) is 5.91 Å². The maximum Gasteiger partial charge on any atom is 0.258 e. The molecule has 2 aliphatic heterocycles. The summed E-state index contributed by atoms with van der Waals surface area (Å²) < 4.78 is 20.5. The Hall–Kier alpha value is -3.74. The zero-order valence-corrected chi connectivity index (χ0v) is 26.8. The zero-order chi connectivity index (χ0) is 32.6. The number of ether oxygens (including phenoxy) is 1. The molecule has 0 spiro atoms. The van der Waals surface area contributed by atoms with Crippen molar-refractivity contribution in [1.29, 1.82) is 0 Å². The van der Waals surface area contributed by atoms with E-state index in [9.17, 15) is 28.4 Å². The Morgan fingerprint density at radius 2 is 1.82 bits per heavy atom. The number of nitrogens with zero attached hydrogens (tertiary/aromatic N) is 5. The maximum atomic E-state index is 14.5. The lowest BCUT2D eigenvalue weighted by Gasteiger charge is -2.32. The molecule has 0 aliphatic carbocycles. The fourth-order valence-electron chi connectivity index (χ4n) is 5.46. The van der Waals surface area contributed by atoms with Crippen LogP contribution in [0.4, 0.5) is 4.39 Å². The molecule has 1 fully saturated rings. The van der Waals surface area contributed by atoms with Gasteiger partial charge in [-0.25, -0.2) is 4.39 Å². The van der Waals surface area contributed by atoms with Gasteiger partial charge in [0.15, 0.2) is 0 Å². The molecule has 3 rings (SSSR count). The molecule has 2 aliphatic rings. The number of likely N-dealkylation sites (N-methyl/N-ethyl adjacent to an activating group) is 4. The molecule has 1 N–H and O–H groups in total. The Bertz CT molecular complexity index is 1210. The van der Waals surface area contributed by atoms with Crippen LogP contribution in [0.15, 0.2) is 18.2 Å².